The van der Waals surface area contributed by atoms with E-state index in [2.05, 4.69) is 25.4 Å². The minimum atomic E-state index is -0.686. The summed E-state index contributed by atoms with van der Waals surface area (Å²) in [6.07, 6.45) is 3.03. The van der Waals surface area contributed by atoms with Crippen molar-refractivity contribution < 1.29 is 19.4 Å². The lowest BCUT2D eigenvalue weighted by molar-refractivity contribution is -0.139. The second-order valence-corrected chi connectivity index (χ2v) is 9.57. The molecule has 5 rings (SSSR count). The Morgan fingerprint density at radius 1 is 1.24 bits per heavy atom. The van der Waals surface area contributed by atoms with Crippen LogP contribution in [-0.4, -0.2) is 84.3 Å². The van der Waals surface area contributed by atoms with E-state index < -0.39 is 11.5 Å². The van der Waals surface area contributed by atoms with Gasteiger partial charge in [-0.05, 0) is 69.6 Å². The van der Waals surface area contributed by atoms with Crippen molar-refractivity contribution in [2.75, 3.05) is 26.2 Å². The van der Waals surface area contributed by atoms with Gasteiger partial charge in [-0.15, -0.1) is 5.10 Å². The van der Waals surface area contributed by atoms with Crippen LogP contribution in [0.15, 0.2) is 29.7 Å². The lowest BCUT2D eigenvalue weighted by Crippen LogP contribution is -2.45. The number of tetrazole rings is 1. The topological polar surface area (TPSA) is 127 Å². The smallest absolute Gasteiger partial charge is 0.336 e. The molecule has 2 aromatic rings. The van der Waals surface area contributed by atoms with Crippen LogP contribution < -0.4 is 0 Å². The third kappa shape index (κ3) is 3.78. The fourth-order valence-corrected chi connectivity index (χ4v) is 5.54. The first-order chi connectivity index (χ1) is 16.3. The number of pyridine rings is 1. The number of hydrogen-bond acceptors (Lipinski definition) is 9. The number of aromatic nitrogens is 5. The first kappa shape index (κ1) is 22.6. The number of esters is 1. The van der Waals surface area contributed by atoms with E-state index in [1.807, 2.05) is 19.9 Å². The Kier molecular flexibility index (Phi) is 5.68. The summed E-state index contributed by atoms with van der Waals surface area (Å²) in [5.41, 5.74) is 2.33. The van der Waals surface area contributed by atoms with Crippen LogP contribution in [0.3, 0.4) is 0 Å². The molecule has 1 amide bonds. The molecule has 2 atom stereocenters. The SMILES string of the molecule is CC1=C(N2C(=O)C3(CCN(CC(O)c4ccc(-n5cnnn5)nc4C)CC3)CC2C)COC1=O. The number of hydrogen-bond donors (Lipinski definition) is 1. The Bertz CT molecular complexity index is 1140. The molecule has 2 aromatic heterocycles. The van der Waals surface area contributed by atoms with Gasteiger partial charge < -0.3 is 19.6 Å². The van der Waals surface area contributed by atoms with Crippen molar-refractivity contribution in [2.24, 2.45) is 5.41 Å². The predicted molar refractivity (Wildman–Crippen MR) is 119 cm³/mol. The van der Waals surface area contributed by atoms with Gasteiger partial charge in [0, 0.05) is 23.8 Å². The maximum absolute atomic E-state index is 13.5. The number of amides is 1. The number of aryl methyl sites for hydroxylation is 1. The van der Waals surface area contributed by atoms with Crippen molar-refractivity contribution in [2.45, 2.75) is 52.2 Å². The van der Waals surface area contributed by atoms with E-state index in [1.165, 1.54) is 11.0 Å². The zero-order valence-electron chi connectivity index (χ0n) is 19.6. The van der Waals surface area contributed by atoms with Gasteiger partial charge >= 0.3 is 5.97 Å². The van der Waals surface area contributed by atoms with Crippen LogP contribution in [0.1, 0.15) is 50.5 Å². The summed E-state index contributed by atoms with van der Waals surface area (Å²) in [4.78, 5) is 33.8. The quantitative estimate of drug-likeness (QED) is 0.639. The standard InChI is InChI=1S/C23H29N7O4/c1-14-10-23(22(33)30(14)18-12-34-21(32)15(18)2)6-8-28(9-7-23)11-19(31)17-4-5-20(25-16(17)3)29-13-24-26-27-29/h4-5,13-14,19,31H,6-12H2,1-3H3. The van der Waals surface area contributed by atoms with E-state index in [4.69, 9.17) is 4.74 Å². The summed E-state index contributed by atoms with van der Waals surface area (Å²) < 4.78 is 6.62. The molecule has 0 aromatic carbocycles. The van der Waals surface area contributed by atoms with Gasteiger partial charge in [0.1, 0.15) is 12.9 Å². The van der Waals surface area contributed by atoms with Crippen LogP contribution in [0, 0.1) is 12.3 Å². The third-order valence-electron chi connectivity index (χ3n) is 7.47. The van der Waals surface area contributed by atoms with Crippen LogP contribution in [0.4, 0.5) is 0 Å². The second kappa shape index (κ2) is 8.55. The van der Waals surface area contributed by atoms with Gasteiger partial charge in [-0.25, -0.2) is 9.78 Å². The summed E-state index contributed by atoms with van der Waals surface area (Å²) in [5, 5.41) is 22.0. The normalized spacial score (nSPS) is 23.8. The molecule has 1 spiro atoms. The zero-order valence-corrected chi connectivity index (χ0v) is 19.6. The van der Waals surface area contributed by atoms with Crippen molar-refractivity contribution in [3.05, 3.63) is 41.0 Å². The van der Waals surface area contributed by atoms with Crippen molar-refractivity contribution in [3.8, 4) is 5.82 Å². The number of nitrogens with zero attached hydrogens (tertiary/aromatic N) is 7. The lowest BCUT2D eigenvalue weighted by atomic mass is 9.76. The summed E-state index contributed by atoms with van der Waals surface area (Å²) in [7, 11) is 0. The number of carbonyl (C=O) groups excluding carboxylic acids is 2. The van der Waals surface area contributed by atoms with E-state index in [0.717, 1.165) is 43.6 Å². The highest BCUT2D eigenvalue weighted by molar-refractivity contribution is 5.94. The zero-order chi connectivity index (χ0) is 24.0. The number of likely N-dealkylation sites (tertiary alicyclic amines) is 2. The van der Waals surface area contributed by atoms with Crippen LogP contribution in [0.5, 0.6) is 0 Å². The molecule has 0 aliphatic carbocycles. The first-order valence-electron chi connectivity index (χ1n) is 11.6. The minimum Gasteiger partial charge on any atom is -0.456 e. The maximum Gasteiger partial charge on any atom is 0.336 e. The van der Waals surface area contributed by atoms with Gasteiger partial charge in [0.15, 0.2) is 5.82 Å². The molecule has 2 fully saturated rings. The second-order valence-electron chi connectivity index (χ2n) is 9.57. The molecule has 0 saturated carbocycles. The monoisotopic (exact) mass is 467 g/mol. The Balaban J connectivity index is 1.23. The molecule has 180 valence electrons. The molecule has 11 nitrogen and oxygen atoms in total. The first-order valence-corrected chi connectivity index (χ1v) is 11.6. The Hall–Kier alpha value is -3.18. The van der Waals surface area contributed by atoms with Crippen LogP contribution >= 0.6 is 0 Å². The van der Waals surface area contributed by atoms with Gasteiger partial charge in [-0.1, -0.05) is 6.07 Å². The molecule has 0 bridgehead atoms. The fourth-order valence-electron chi connectivity index (χ4n) is 5.54. The summed E-state index contributed by atoms with van der Waals surface area (Å²) >= 11 is 0. The molecule has 0 radical (unpaired) electrons. The number of piperidine rings is 1. The van der Waals surface area contributed by atoms with Crippen LogP contribution in [-0.2, 0) is 14.3 Å². The summed E-state index contributed by atoms with van der Waals surface area (Å²) in [5.74, 6) is 0.359. The molecular weight excluding hydrogens is 438 g/mol. The molecule has 11 heteroatoms. The third-order valence-corrected chi connectivity index (χ3v) is 7.47. The Labute approximate surface area is 197 Å². The number of carbonyl (C=O) groups is 2. The fraction of sp³-hybridized carbons (Fsp3) is 0.565. The lowest BCUT2D eigenvalue weighted by Gasteiger charge is -2.38. The molecule has 3 aliphatic heterocycles. The molecule has 34 heavy (non-hydrogen) atoms. The predicted octanol–water partition coefficient (Wildman–Crippen LogP) is 0.933. The summed E-state index contributed by atoms with van der Waals surface area (Å²) in [6, 6.07) is 3.68. The molecule has 3 aliphatic rings. The van der Waals surface area contributed by atoms with E-state index in [-0.39, 0.29) is 24.5 Å². The van der Waals surface area contributed by atoms with Crippen molar-refractivity contribution in [1.29, 1.82) is 0 Å². The highest BCUT2D eigenvalue weighted by atomic mass is 16.5. The van der Waals surface area contributed by atoms with E-state index in [1.54, 1.807) is 17.9 Å². The highest BCUT2D eigenvalue weighted by Crippen LogP contribution is 2.46. The van der Waals surface area contributed by atoms with Crippen LogP contribution in [0.25, 0.3) is 5.82 Å². The summed E-state index contributed by atoms with van der Waals surface area (Å²) in [6.45, 7) is 7.74. The average molecular weight is 468 g/mol. The number of ether oxygens (including phenoxy) is 1. The molecule has 2 unspecified atom stereocenters. The Morgan fingerprint density at radius 2 is 2.00 bits per heavy atom. The van der Waals surface area contributed by atoms with Gasteiger partial charge in [-0.3, -0.25) is 4.79 Å². The van der Waals surface area contributed by atoms with Crippen molar-refractivity contribution in [1.82, 2.24) is 35.0 Å². The number of β-amino-alcohol motifs (C(OH)–C–C–N with tert-alkyl or cyclic N) is 1. The van der Waals surface area contributed by atoms with Gasteiger partial charge in [0.2, 0.25) is 5.91 Å². The molecule has 1 N–H and O–H groups in total. The molecular formula is C23H29N7O4. The van der Waals surface area contributed by atoms with E-state index in [0.29, 0.717) is 23.6 Å². The van der Waals surface area contributed by atoms with Crippen LogP contribution in [0.2, 0.25) is 0 Å². The largest absolute Gasteiger partial charge is 0.456 e. The van der Waals surface area contributed by atoms with Crippen molar-refractivity contribution in [3.63, 3.8) is 0 Å². The highest BCUT2D eigenvalue weighted by Gasteiger charge is 2.53. The Morgan fingerprint density at radius 3 is 2.62 bits per heavy atom. The van der Waals surface area contributed by atoms with E-state index >= 15 is 0 Å². The number of aliphatic hydroxyl groups excluding tert-OH is 1. The van der Waals surface area contributed by atoms with Gasteiger partial charge in [-0.2, -0.15) is 4.68 Å². The van der Waals surface area contributed by atoms with Crippen molar-refractivity contribution >= 4 is 11.9 Å². The molecule has 5 heterocycles. The average Bonchev–Trinajstić information content (AvgIpc) is 3.51. The maximum atomic E-state index is 13.5. The van der Waals surface area contributed by atoms with Gasteiger partial charge in [0.25, 0.3) is 0 Å². The van der Waals surface area contributed by atoms with Gasteiger partial charge in [0.05, 0.1) is 22.8 Å². The number of rotatable bonds is 5. The minimum absolute atomic E-state index is 0.0384. The number of cyclic esters (lactones) is 1. The molecule has 2 saturated heterocycles. The van der Waals surface area contributed by atoms with E-state index in [9.17, 15) is 14.7 Å². The number of aliphatic hydroxyl groups is 1.